The van der Waals surface area contributed by atoms with E-state index in [9.17, 15) is 4.79 Å². The van der Waals surface area contributed by atoms with Crippen LogP contribution in [0.3, 0.4) is 0 Å². The highest BCUT2D eigenvalue weighted by Gasteiger charge is 2.65. The zero-order valence-corrected chi connectivity index (χ0v) is 13.4. The van der Waals surface area contributed by atoms with Gasteiger partial charge >= 0.3 is 0 Å². The molecule has 20 heavy (non-hydrogen) atoms. The maximum Gasteiger partial charge on any atom is 0.251 e. The summed E-state index contributed by atoms with van der Waals surface area (Å²) in [4.78, 5) is 12.4. The quantitative estimate of drug-likeness (QED) is 0.881. The van der Waals surface area contributed by atoms with Crippen LogP contribution in [0.5, 0.6) is 0 Å². The van der Waals surface area contributed by atoms with E-state index in [4.69, 9.17) is 0 Å². The van der Waals surface area contributed by atoms with Gasteiger partial charge in [0.15, 0.2) is 0 Å². The summed E-state index contributed by atoms with van der Waals surface area (Å²) in [6.45, 7) is 13.8. The predicted octanol–water partition coefficient (Wildman–Crippen LogP) is 3.59. The molecule has 0 aromatic heterocycles. The average molecular weight is 274 g/mol. The van der Waals surface area contributed by atoms with Crippen molar-refractivity contribution in [2.75, 3.05) is 11.9 Å². The minimum absolute atomic E-state index is 0.0363. The van der Waals surface area contributed by atoms with E-state index >= 15 is 0 Å². The second kappa shape index (κ2) is 4.80. The Balaban J connectivity index is 2.11. The molecule has 0 saturated heterocycles. The zero-order chi connectivity index (χ0) is 15.1. The lowest BCUT2D eigenvalue weighted by Crippen LogP contribution is -2.30. The number of nitrogens with one attached hydrogen (secondary N) is 2. The van der Waals surface area contributed by atoms with Crippen LogP contribution < -0.4 is 10.6 Å². The summed E-state index contributed by atoms with van der Waals surface area (Å²) in [7, 11) is 0. The zero-order valence-electron chi connectivity index (χ0n) is 13.4. The van der Waals surface area contributed by atoms with Gasteiger partial charge in [0.05, 0.1) is 0 Å². The molecule has 1 amide bonds. The maximum absolute atomic E-state index is 12.4. The minimum Gasteiger partial charge on any atom is -0.385 e. The fourth-order valence-corrected chi connectivity index (χ4v) is 3.00. The van der Waals surface area contributed by atoms with E-state index in [1.807, 2.05) is 25.1 Å². The molecule has 1 aromatic rings. The first-order valence-corrected chi connectivity index (χ1v) is 7.37. The van der Waals surface area contributed by atoms with Crippen LogP contribution in [-0.4, -0.2) is 18.5 Å². The molecular weight excluding hydrogens is 248 g/mol. The number of aryl methyl sites for hydroxylation is 1. The van der Waals surface area contributed by atoms with Crippen molar-refractivity contribution in [2.45, 2.75) is 47.6 Å². The van der Waals surface area contributed by atoms with E-state index in [1.54, 1.807) is 0 Å². The van der Waals surface area contributed by atoms with Gasteiger partial charge in [0.2, 0.25) is 0 Å². The molecule has 0 bridgehead atoms. The molecule has 1 fully saturated rings. The standard InChI is InChI=1S/C17H26N2O/c1-7-18-12-8-9-13(11(2)10-12)14(20)19-15-16(3,4)17(15,5)6/h8-10,15,18H,7H2,1-6H3,(H,19,20). The third-order valence-electron chi connectivity index (χ3n) is 5.15. The highest BCUT2D eigenvalue weighted by Crippen LogP contribution is 2.62. The first kappa shape index (κ1) is 14.9. The summed E-state index contributed by atoms with van der Waals surface area (Å²) in [5.41, 5.74) is 3.18. The van der Waals surface area contributed by atoms with Crippen molar-refractivity contribution < 1.29 is 4.79 Å². The van der Waals surface area contributed by atoms with Gasteiger partial charge in [-0.3, -0.25) is 4.79 Å². The van der Waals surface area contributed by atoms with Crippen molar-refractivity contribution in [3.8, 4) is 0 Å². The van der Waals surface area contributed by atoms with Crippen LogP contribution >= 0.6 is 0 Å². The Morgan fingerprint density at radius 3 is 2.25 bits per heavy atom. The maximum atomic E-state index is 12.4. The van der Waals surface area contributed by atoms with Crippen molar-refractivity contribution in [3.63, 3.8) is 0 Å². The summed E-state index contributed by atoms with van der Waals surface area (Å²) in [6, 6.07) is 6.15. The van der Waals surface area contributed by atoms with Crippen molar-refractivity contribution in [1.82, 2.24) is 5.32 Å². The molecule has 3 heteroatoms. The third-order valence-corrected chi connectivity index (χ3v) is 5.15. The first-order valence-electron chi connectivity index (χ1n) is 7.37. The lowest BCUT2D eigenvalue weighted by atomic mass is 10.0. The van der Waals surface area contributed by atoms with Crippen LogP contribution in [0.25, 0.3) is 0 Å². The van der Waals surface area contributed by atoms with Crippen LogP contribution in [0.4, 0.5) is 5.69 Å². The molecule has 1 saturated carbocycles. The molecule has 0 unspecified atom stereocenters. The number of carbonyl (C=O) groups is 1. The SMILES string of the molecule is CCNc1ccc(C(=O)NC2C(C)(C)C2(C)C)c(C)c1. The average Bonchev–Trinajstić information content (AvgIpc) is 2.72. The molecule has 1 aromatic carbocycles. The molecule has 0 radical (unpaired) electrons. The van der Waals surface area contributed by atoms with Crippen LogP contribution in [0.1, 0.15) is 50.5 Å². The Hall–Kier alpha value is -1.51. The Kier molecular flexibility index (Phi) is 3.57. The van der Waals surface area contributed by atoms with E-state index in [0.717, 1.165) is 23.4 Å². The van der Waals surface area contributed by atoms with E-state index in [1.165, 1.54) is 0 Å². The summed E-state index contributed by atoms with van der Waals surface area (Å²) >= 11 is 0. The highest BCUT2D eigenvalue weighted by molar-refractivity contribution is 5.96. The molecule has 0 heterocycles. The molecule has 110 valence electrons. The molecule has 1 aliphatic rings. The Bertz CT molecular complexity index is 518. The number of hydrogen-bond donors (Lipinski definition) is 2. The van der Waals surface area contributed by atoms with Gasteiger partial charge in [0.25, 0.3) is 5.91 Å². The van der Waals surface area contributed by atoms with Crippen LogP contribution in [-0.2, 0) is 0 Å². The van der Waals surface area contributed by atoms with Gasteiger partial charge in [-0.25, -0.2) is 0 Å². The number of rotatable bonds is 4. The lowest BCUT2D eigenvalue weighted by molar-refractivity contribution is 0.0943. The number of hydrogen-bond acceptors (Lipinski definition) is 2. The highest BCUT2D eigenvalue weighted by atomic mass is 16.1. The number of anilines is 1. The van der Waals surface area contributed by atoms with Crippen molar-refractivity contribution >= 4 is 11.6 Å². The van der Waals surface area contributed by atoms with Crippen LogP contribution in [0.15, 0.2) is 18.2 Å². The summed E-state index contributed by atoms with van der Waals surface area (Å²) in [6.07, 6.45) is 0. The smallest absolute Gasteiger partial charge is 0.251 e. The first-order chi connectivity index (χ1) is 9.21. The lowest BCUT2D eigenvalue weighted by Gasteiger charge is -2.11. The molecule has 1 aliphatic carbocycles. The van der Waals surface area contributed by atoms with Crippen molar-refractivity contribution in [2.24, 2.45) is 10.8 Å². The minimum atomic E-state index is 0.0363. The van der Waals surface area contributed by atoms with E-state index in [-0.39, 0.29) is 22.8 Å². The fraction of sp³-hybridized carbons (Fsp3) is 0.588. The third kappa shape index (κ3) is 2.30. The van der Waals surface area contributed by atoms with Gasteiger partial charge < -0.3 is 10.6 Å². The molecule has 0 aliphatic heterocycles. The molecule has 0 spiro atoms. The fourth-order valence-electron chi connectivity index (χ4n) is 3.00. The second-order valence-corrected chi connectivity index (χ2v) is 6.91. The number of benzene rings is 1. The Labute approximate surface area is 122 Å². The summed E-state index contributed by atoms with van der Waals surface area (Å²) < 4.78 is 0. The molecule has 0 atom stereocenters. The van der Waals surface area contributed by atoms with Crippen LogP contribution in [0, 0.1) is 17.8 Å². The van der Waals surface area contributed by atoms with Crippen molar-refractivity contribution in [1.29, 1.82) is 0 Å². The predicted molar refractivity (Wildman–Crippen MR) is 84.2 cm³/mol. The van der Waals surface area contributed by atoms with Crippen LogP contribution in [0.2, 0.25) is 0 Å². The second-order valence-electron chi connectivity index (χ2n) is 6.91. The Morgan fingerprint density at radius 1 is 1.20 bits per heavy atom. The summed E-state index contributed by atoms with van der Waals surface area (Å²) in [5, 5.41) is 6.45. The van der Waals surface area contributed by atoms with Gasteiger partial charge in [-0.2, -0.15) is 0 Å². The Morgan fingerprint density at radius 2 is 1.80 bits per heavy atom. The number of carbonyl (C=O) groups excluding carboxylic acids is 1. The van der Waals surface area contributed by atoms with Gasteiger partial charge in [-0.1, -0.05) is 27.7 Å². The molecule has 2 rings (SSSR count). The van der Waals surface area contributed by atoms with Gasteiger partial charge in [0, 0.05) is 23.8 Å². The van der Waals surface area contributed by atoms with E-state index in [0.29, 0.717) is 0 Å². The molecular formula is C17H26N2O. The number of amides is 1. The van der Waals surface area contributed by atoms with Crippen molar-refractivity contribution in [3.05, 3.63) is 29.3 Å². The topological polar surface area (TPSA) is 41.1 Å². The largest absolute Gasteiger partial charge is 0.385 e. The van der Waals surface area contributed by atoms with Gasteiger partial charge in [0.1, 0.15) is 0 Å². The van der Waals surface area contributed by atoms with E-state index < -0.39 is 0 Å². The summed E-state index contributed by atoms with van der Waals surface area (Å²) in [5.74, 6) is 0.0363. The normalized spacial score (nSPS) is 19.5. The molecule has 3 nitrogen and oxygen atoms in total. The molecule has 2 N–H and O–H groups in total. The van der Waals surface area contributed by atoms with Gasteiger partial charge in [-0.05, 0) is 48.4 Å². The monoisotopic (exact) mass is 274 g/mol. The van der Waals surface area contributed by atoms with E-state index in [2.05, 4.69) is 45.3 Å². The van der Waals surface area contributed by atoms with Gasteiger partial charge in [-0.15, -0.1) is 0 Å².